The summed E-state index contributed by atoms with van der Waals surface area (Å²) >= 11 is 5.96. The number of hydrogen-bond donors (Lipinski definition) is 0. The molecule has 0 saturated heterocycles. The van der Waals surface area contributed by atoms with Crippen LogP contribution in [0.2, 0.25) is 5.15 Å². The molecule has 0 fully saturated rings. The summed E-state index contributed by atoms with van der Waals surface area (Å²) in [6.07, 6.45) is 6.71. The van der Waals surface area contributed by atoms with Crippen molar-refractivity contribution in [3.05, 3.63) is 47.0 Å². The van der Waals surface area contributed by atoms with Gasteiger partial charge in [-0.1, -0.05) is 17.5 Å². The molecular formula is C11H6ClFN2. The molecule has 0 unspecified atom stereocenters. The van der Waals surface area contributed by atoms with Crippen LogP contribution in [0.5, 0.6) is 0 Å². The fraction of sp³-hybridized carbons (Fsp3) is 0. The summed E-state index contributed by atoms with van der Waals surface area (Å²) in [4.78, 5) is 0. The van der Waals surface area contributed by atoms with E-state index in [1.165, 1.54) is 23.0 Å². The molecular weight excluding hydrogens is 215 g/mol. The number of nitrogens with zero attached hydrogens (tertiary/aromatic N) is 2. The highest BCUT2D eigenvalue weighted by atomic mass is 35.5. The van der Waals surface area contributed by atoms with Gasteiger partial charge in [-0.3, -0.25) is 0 Å². The summed E-state index contributed by atoms with van der Waals surface area (Å²) in [5, 5.41) is 4.36. The fourth-order valence-electron chi connectivity index (χ4n) is 1.19. The van der Waals surface area contributed by atoms with Crippen LogP contribution in [0, 0.1) is 18.2 Å². The van der Waals surface area contributed by atoms with E-state index in [0.717, 1.165) is 0 Å². The normalized spacial score (nSPS) is 9.93. The first kappa shape index (κ1) is 9.75. The molecule has 0 atom stereocenters. The maximum absolute atomic E-state index is 12.7. The van der Waals surface area contributed by atoms with Crippen LogP contribution >= 0.6 is 11.6 Å². The Kier molecular flexibility index (Phi) is 2.44. The van der Waals surface area contributed by atoms with Crippen LogP contribution in [0.1, 0.15) is 5.56 Å². The highest BCUT2D eigenvalue weighted by molar-refractivity contribution is 6.30. The van der Waals surface area contributed by atoms with Gasteiger partial charge in [0, 0.05) is 0 Å². The van der Waals surface area contributed by atoms with Gasteiger partial charge < -0.3 is 0 Å². The molecule has 2 aromatic rings. The van der Waals surface area contributed by atoms with Crippen LogP contribution in [0.4, 0.5) is 4.39 Å². The van der Waals surface area contributed by atoms with Gasteiger partial charge in [0.25, 0.3) is 0 Å². The summed E-state index contributed by atoms with van der Waals surface area (Å²) in [5.41, 5.74) is 1.18. The van der Waals surface area contributed by atoms with E-state index in [2.05, 4.69) is 11.0 Å². The Morgan fingerprint density at radius 3 is 2.53 bits per heavy atom. The smallest absolute Gasteiger partial charge is 0.148 e. The molecule has 0 aliphatic rings. The van der Waals surface area contributed by atoms with E-state index in [-0.39, 0.29) is 5.82 Å². The lowest BCUT2D eigenvalue weighted by Gasteiger charge is -2.02. The predicted octanol–water partition coefficient (Wildman–Crippen LogP) is 2.65. The Hall–Kier alpha value is -1.79. The third-order valence-corrected chi connectivity index (χ3v) is 2.30. The second kappa shape index (κ2) is 3.76. The van der Waals surface area contributed by atoms with Crippen LogP contribution in [-0.4, -0.2) is 9.78 Å². The average Bonchev–Trinajstić information content (AvgIpc) is 2.61. The van der Waals surface area contributed by atoms with Crippen LogP contribution in [-0.2, 0) is 0 Å². The predicted molar refractivity (Wildman–Crippen MR) is 56.5 cm³/mol. The zero-order valence-corrected chi connectivity index (χ0v) is 8.37. The Balaban J connectivity index is 2.51. The Morgan fingerprint density at radius 1 is 1.33 bits per heavy atom. The Bertz CT molecular complexity index is 523. The molecule has 74 valence electrons. The van der Waals surface area contributed by atoms with Gasteiger partial charge in [-0.25, -0.2) is 9.07 Å². The fourth-order valence-corrected chi connectivity index (χ4v) is 1.44. The first-order chi connectivity index (χ1) is 7.22. The number of aromatic nitrogens is 2. The largest absolute Gasteiger partial charge is 0.221 e. The molecule has 4 heteroatoms. The van der Waals surface area contributed by atoms with E-state index < -0.39 is 0 Å². The van der Waals surface area contributed by atoms with Gasteiger partial charge >= 0.3 is 0 Å². The van der Waals surface area contributed by atoms with Crippen molar-refractivity contribution in [1.82, 2.24) is 9.78 Å². The summed E-state index contributed by atoms with van der Waals surface area (Å²) in [7, 11) is 0. The molecule has 0 bridgehead atoms. The zero-order valence-electron chi connectivity index (χ0n) is 7.61. The highest BCUT2D eigenvalue weighted by Crippen LogP contribution is 2.19. The Morgan fingerprint density at radius 2 is 2.00 bits per heavy atom. The molecule has 1 aromatic heterocycles. The third kappa shape index (κ3) is 1.72. The van der Waals surface area contributed by atoms with E-state index >= 15 is 0 Å². The quantitative estimate of drug-likeness (QED) is 0.676. The van der Waals surface area contributed by atoms with Gasteiger partial charge in [0.05, 0.1) is 17.4 Å². The lowest BCUT2D eigenvalue weighted by molar-refractivity contribution is 0.627. The Labute approximate surface area is 91.3 Å². The number of halogens is 2. The van der Waals surface area contributed by atoms with E-state index in [1.54, 1.807) is 12.1 Å². The van der Waals surface area contributed by atoms with E-state index in [9.17, 15) is 4.39 Å². The minimum absolute atomic E-state index is 0.306. The van der Waals surface area contributed by atoms with Crippen molar-refractivity contribution in [2.75, 3.05) is 0 Å². The van der Waals surface area contributed by atoms with Gasteiger partial charge in [-0.15, -0.1) is 6.42 Å². The van der Waals surface area contributed by atoms with E-state index in [1.807, 2.05) is 0 Å². The maximum atomic E-state index is 12.7. The third-order valence-electron chi connectivity index (χ3n) is 1.94. The molecule has 2 nitrogen and oxygen atoms in total. The topological polar surface area (TPSA) is 17.8 Å². The molecule has 2 rings (SSSR count). The first-order valence-corrected chi connectivity index (χ1v) is 4.56. The zero-order chi connectivity index (χ0) is 10.8. The number of hydrogen-bond acceptors (Lipinski definition) is 1. The molecule has 0 spiro atoms. The van der Waals surface area contributed by atoms with Crippen LogP contribution in [0.15, 0.2) is 30.5 Å². The average molecular weight is 221 g/mol. The molecule has 1 heterocycles. The van der Waals surface area contributed by atoms with Gasteiger partial charge in [-0.2, -0.15) is 5.10 Å². The highest BCUT2D eigenvalue weighted by Gasteiger charge is 2.07. The molecule has 0 aliphatic carbocycles. The van der Waals surface area contributed by atoms with Crippen molar-refractivity contribution >= 4 is 11.6 Å². The van der Waals surface area contributed by atoms with E-state index in [4.69, 9.17) is 18.0 Å². The van der Waals surface area contributed by atoms with Gasteiger partial charge in [0.15, 0.2) is 0 Å². The first-order valence-electron chi connectivity index (χ1n) is 4.18. The van der Waals surface area contributed by atoms with Gasteiger partial charge in [-0.05, 0) is 24.3 Å². The second-order valence-electron chi connectivity index (χ2n) is 2.88. The lowest BCUT2D eigenvalue weighted by Crippen LogP contribution is -1.95. The summed E-state index contributed by atoms with van der Waals surface area (Å²) in [6, 6.07) is 5.83. The molecule has 0 N–H and O–H groups in total. The minimum atomic E-state index is -0.306. The molecule has 0 saturated carbocycles. The molecule has 0 aliphatic heterocycles. The van der Waals surface area contributed by atoms with Crippen molar-refractivity contribution in [3.63, 3.8) is 0 Å². The molecule has 0 radical (unpaired) electrons. The standard InChI is InChI=1S/C11H6ClFN2/c1-2-8-7-14-15(11(8)12)10-5-3-9(13)4-6-10/h1,3-7H. The number of rotatable bonds is 1. The number of benzene rings is 1. The maximum Gasteiger partial charge on any atom is 0.148 e. The second-order valence-corrected chi connectivity index (χ2v) is 3.24. The van der Waals surface area contributed by atoms with Crippen molar-refractivity contribution in [1.29, 1.82) is 0 Å². The van der Waals surface area contributed by atoms with Crippen LogP contribution < -0.4 is 0 Å². The molecule has 15 heavy (non-hydrogen) atoms. The minimum Gasteiger partial charge on any atom is -0.221 e. The van der Waals surface area contributed by atoms with Crippen LogP contribution in [0.25, 0.3) is 5.69 Å². The monoisotopic (exact) mass is 220 g/mol. The lowest BCUT2D eigenvalue weighted by atomic mass is 10.3. The van der Waals surface area contributed by atoms with Crippen LogP contribution in [0.3, 0.4) is 0 Å². The molecule has 1 aromatic carbocycles. The van der Waals surface area contributed by atoms with Gasteiger partial charge in [0.1, 0.15) is 11.0 Å². The van der Waals surface area contributed by atoms with E-state index in [0.29, 0.717) is 16.4 Å². The van der Waals surface area contributed by atoms with Gasteiger partial charge in [0.2, 0.25) is 0 Å². The summed E-state index contributed by atoms with van der Waals surface area (Å²) < 4.78 is 14.1. The summed E-state index contributed by atoms with van der Waals surface area (Å²) in [6.45, 7) is 0. The summed E-state index contributed by atoms with van der Waals surface area (Å²) in [5.74, 6) is 2.10. The molecule has 0 amide bonds. The van der Waals surface area contributed by atoms with Crippen molar-refractivity contribution in [3.8, 4) is 18.0 Å². The SMILES string of the molecule is C#Cc1cnn(-c2ccc(F)cc2)c1Cl. The van der Waals surface area contributed by atoms with Crippen molar-refractivity contribution < 1.29 is 4.39 Å². The van der Waals surface area contributed by atoms with Crippen molar-refractivity contribution in [2.45, 2.75) is 0 Å². The number of terminal acetylenes is 1. The van der Waals surface area contributed by atoms with Crippen molar-refractivity contribution in [2.24, 2.45) is 0 Å².